The number of Topliss-reactive ketones (excluding diaryl/α,β-unsaturated/α-hetero) is 1. The molecule has 5 fully saturated rings. The van der Waals surface area contributed by atoms with Crippen LogP contribution in [0.15, 0.2) is 18.2 Å². The minimum Gasteiger partial charge on any atom is -0.493 e. The number of hydrogen-bond acceptors (Lipinski definition) is 4. The van der Waals surface area contributed by atoms with Crippen molar-refractivity contribution in [1.82, 2.24) is 4.90 Å². The summed E-state index contributed by atoms with van der Waals surface area (Å²) in [6.45, 7) is 2.13. The third-order valence-electron chi connectivity index (χ3n) is 8.09. The summed E-state index contributed by atoms with van der Waals surface area (Å²) in [7, 11) is 3.25. The second kappa shape index (κ2) is 7.37. The first-order valence-electron chi connectivity index (χ1n) is 11.2. The number of piperidine rings is 1. The number of carbonyl (C=O) groups is 1. The Balaban J connectivity index is 1.31. The fourth-order valence-corrected chi connectivity index (χ4v) is 7.21. The zero-order valence-corrected chi connectivity index (χ0v) is 17.2. The van der Waals surface area contributed by atoms with E-state index in [0.29, 0.717) is 11.5 Å². The Hall–Kier alpha value is -1.55. The molecule has 4 saturated carbocycles. The Morgan fingerprint density at radius 1 is 0.964 bits per heavy atom. The monoisotopic (exact) mass is 383 g/mol. The molecule has 5 aliphatic rings. The topological polar surface area (TPSA) is 38.8 Å². The fourth-order valence-electron chi connectivity index (χ4n) is 7.21. The van der Waals surface area contributed by atoms with Gasteiger partial charge in [-0.25, -0.2) is 0 Å². The standard InChI is InChI=1S/C24H33NO3/c1-27-21-6-5-17(13-22(21)28-2)24(26)18-4-3-7-25(14-18)23-19-9-15-8-16(11-19)12-20(23)10-15/h5-6,13,15-16,18-20,23H,3-4,7-12,14H2,1-2H3/t15?,16?,18-,19?,20?,23?/m1/s1. The molecule has 0 aromatic heterocycles. The van der Waals surface area contributed by atoms with E-state index in [1.807, 2.05) is 18.2 Å². The number of hydrogen-bond donors (Lipinski definition) is 0. The van der Waals surface area contributed by atoms with E-state index < -0.39 is 0 Å². The number of methoxy groups -OCH3 is 2. The largest absolute Gasteiger partial charge is 0.493 e. The van der Waals surface area contributed by atoms with Gasteiger partial charge >= 0.3 is 0 Å². The van der Waals surface area contributed by atoms with Crippen molar-refractivity contribution < 1.29 is 14.3 Å². The molecule has 0 unspecified atom stereocenters. The van der Waals surface area contributed by atoms with Crippen molar-refractivity contribution in [3.63, 3.8) is 0 Å². The van der Waals surface area contributed by atoms with Gasteiger partial charge in [0.1, 0.15) is 0 Å². The minimum absolute atomic E-state index is 0.115. The number of ether oxygens (including phenoxy) is 2. The van der Waals surface area contributed by atoms with Crippen molar-refractivity contribution in [2.75, 3.05) is 27.3 Å². The predicted molar refractivity (Wildman–Crippen MR) is 109 cm³/mol. The zero-order valence-electron chi connectivity index (χ0n) is 17.2. The highest BCUT2D eigenvalue weighted by Gasteiger charge is 2.50. The molecular weight excluding hydrogens is 350 g/mol. The first-order valence-corrected chi connectivity index (χ1v) is 11.2. The van der Waals surface area contributed by atoms with Crippen molar-refractivity contribution in [1.29, 1.82) is 0 Å². The fraction of sp³-hybridized carbons (Fsp3) is 0.708. The molecule has 4 bridgehead atoms. The lowest BCUT2D eigenvalue weighted by atomic mass is 9.53. The molecule has 0 N–H and O–H groups in total. The lowest BCUT2D eigenvalue weighted by Gasteiger charge is -2.58. The van der Waals surface area contributed by atoms with Crippen LogP contribution in [0.3, 0.4) is 0 Å². The van der Waals surface area contributed by atoms with E-state index in [1.54, 1.807) is 14.2 Å². The van der Waals surface area contributed by atoms with E-state index in [4.69, 9.17) is 9.47 Å². The average Bonchev–Trinajstić information content (AvgIpc) is 2.72. The van der Waals surface area contributed by atoms with Crippen LogP contribution >= 0.6 is 0 Å². The van der Waals surface area contributed by atoms with E-state index in [0.717, 1.165) is 54.7 Å². The van der Waals surface area contributed by atoms with E-state index in [1.165, 1.54) is 38.6 Å². The molecule has 4 heteroatoms. The van der Waals surface area contributed by atoms with Crippen molar-refractivity contribution in [3.8, 4) is 11.5 Å². The van der Waals surface area contributed by atoms with Gasteiger partial charge < -0.3 is 9.47 Å². The zero-order chi connectivity index (χ0) is 19.3. The maximum Gasteiger partial charge on any atom is 0.167 e. The maximum absolute atomic E-state index is 13.3. The van der Waals surface area contributed by atoms with Crippen molar-refractivity contribution in [2.45, 2.75) is 51.0 Å². The number of benzene rings is 1. The molecule has 1 atom stereocenters. The van der Waals surface area contributed by atoms with Gasteiger partial charge in [0.15, 0.2) is 17.3 Å². The quantitative estimate of drug-likeness (QED) is 0.706. The molecule has 6 rings (SSSR count). The molecule has 28 heavy (non-hydrogen) atoms. The Morgan fingerprint density at radius 3 is 2.29 bits per heavy atom. The number of carbonyl (C=O) groups excluding carboxylic acids is 1. The number of nitrogens with zero attached hydrogens (tertiary/aromatic N) is 1. The van der Waals surface area contributed by atoms with Crippen LogP contribution in [0, 0.1) is 29.6 Å². The third kappa shape index (κ3) is 3.14. The Morgan fingerprint density at radius 2 is 1.64 bits per heavy atom. The molecule has 1 heterocycles. The van der Waals surface area contributed by atoms with Crippen LogP contribution in [0.4, 0.5) is 0 Å². The number of likely N-dealkylation sites (tertiary alicyclic amines) is 1. The van der Waals surface area contributed by atoms with E-state index in [9.17, 15) is 4.79 Å². The highest BCUT2D eigenvalue weighted by molar-refractivity contribution is 5.98. The molecule has 0 amide bonds. The van der Waals surface area contributed by atoms with Gasteiger partial charge in [-0.15, -0.1) is 0 Å². The van der Waals surface area contributed by atoms with Crippen LogP contribution in [0.25, 0.3) is 0 Å². The molecular formula is C24H33NO3. The predicted octanol–water partition coefficient (Wildman–Crippen LogP) is 4.42. The Labute approximate surface area is 168 Å². The van der Waals surface area contributed by atoms with E-state index >= 15 is 0 Å². The van der Waals surface area contributed by atoms with E-state index in [-0.39, 0.29) is 11.7 Å². The van der Waals surface area contributed by atoms with Crippen molar-refractivity contribution in [2.24, 2.45) is 29.6 Å². The SMILES string of the molecule is COc1ccc(C(=O)[C@@H]2CCCN(C3C4CC5CC(C4)CC3C5)C2)cc1OC. The van der Waals surface area contributed by atoms with Gasteiger partial charge in [0.05, 0.1) is 14.2 Å². The Kier molecular flexibility index (Phi) is 4.86. The van der Waals surface area contributed by atoms with Crippen LogP contribution in [-0.4, -0.2) is 44.0 Å². The summed E-state index contributed by atoms with van der Waals surface area (Å²) in [5, 5.41) is 0. The minimum atomic E-state index is 0.115. The third-order valence-corrected chi connectivity index (χ3v) is 8.09. The van der Waals surface area contributed by atoms with Gasteiger partial charge in [0.25, 0.3) is 0 Å². The highest BCUT2D eigenvalue weighted by atomic mass is 16.5. The maximum atomic E-state index is 13.3. The van der Waals surface area contributed by atoms with Gasteiger partial charge in [-0.05, 0) is 93.4 Å². The second-order valence-corrected chi connectivity index (χ2v) is 9.69. The summed E-state index contributed by atoms with van der Waals surface area (Å²) < 4.78 is 10.7. The molecule has 0 radical (unpaired) electrons. The van der Waals surface area contributed by atoms with Crippen LogP contribution in [-0.2, 0) is 0 Å². The molecule has 0 spiro atoms. The summed E-state index contributed by atoms with van der Waals surface area (Å²) >= 11 is 0. The summed E-state index contributed by atoms with van der Waals surface area (Å²) in [6, 6.07) is 6.34. The van der Waals surface area contributed by atoms with Crippen molar-refractivity contribution in [3.05, 3.63) is 23.8 Å². The van der Waals surface area contributed by atoms with E-state index in [2.05, 4.69) is 4.90 Å². The molecule has 1 aromatic rings. The lowest BCUT2D eigenvalue weighted by molar-refractivity contribution is -0.0740. The van der Waals surface area contributed by atoms with Gasteiger partial charge in [0.2, 0.25) is 0 Å². The molecule has 1 aliphatic heterocycles. The van der Waals surface area contributed by atoms with Crippen LogP contribution < -0.4 is 9.47 Å². The smallest absolute Gasteiger partial charge is 0.167 e. The van der Waals surface area contributed by atoms with Gasteiger partial charge in [-0.3, -0.25) is 9.69 Å². The first-order chi connectivity index (χ1) is 13.7. The number of ketones is 1. The molecule has 4 aliphatic carbocycles. The summed E-state index contributed by atoms with van der Waals surface area (Å²) in [5.41, 5.74) is 0.759. The van der Waals surface area contributed by atoms with Gasteiger partial charge in [0, 0.05) is 24.1 Å². The molecule has 1 aromatic carbocycles. The second-order valence-electron chi connectivity index (χ2n) is 9.69. The number of rotatable bonds is 5. The molecule has 4 nitrogen and oxygen atoms in total. The van der Waals surface area contributed by atoms with Crippen LogP contribution in [0.5, 0.6) is 11.5 Å². The first kappa shape index (κ1) is 18.5. The highest BCUT2D eigenvalue weighted by Crippen LogP contribution is 2.55. The normalized spacial score (nSPS) is 37.1. The van der Waals surface area contributed by atoms with Gasteiger partial charge in [-0.1, -0.05) is 0 Å². The average molecular weight is 384 g/mol. The van der Waals surface area contributed by atoms with Crippen LogP contribution in [0.2, 0.25) is 0 Å². The lowest BCUT2D eigenvalue weighted by Crippen LogP contribution is -2.58. The van der Waals surface area contributed by atoms with Gasteiger partial charge in [-0.2, -0.15) is 0 Å². The summed E-state index contributed by atoms with van der Waals surface area (Å²) in [4.78, 5) is 16.0. The molecule has 1 saturated heterocycles. The van der Waals surface area contributed by atoms with Crippen molar-refractivity contribution >= 4 is 5.78 Å². The van der Waals surface area contributed by atoms with Crippen LogP contribution in [0.1, 0.15) is 55.3 Å². The summed E-state index contributed by atoms with van der Waals surface area (Å²) in [5.74, 6) is 5.51. The summed E-state index contributed by atoms with van der Waals surface area (Å²) in [6.07, 6.45) is 9.44. The molecule has 152 valence electrons. The Bertz CT molecular complexity index is 717.